The van der Waals surface area contributed by atoms with Crippen LogP contribution in [0, 0.1) is 5.92 Å². The normalized spacial score (nSPS) is 14.1. The lowest BCUT2D eigenvalue weighted by Gasteiger charge is -1.98. The summed E-state index contributed by atoms with van der Waals surface area (Å²) in [6.07, 6.45) is 1.59. The van der Waals surface area contributed by atoms with E-state index in [9.17, 15) is 4.79 Å². The molecule has 3 nitrogen and oxygen atoms in total. The Labute approximate surface area is 75.0 Å². The Bertz CT molecular complexity index is 113. The van der Waals surface area contributed by atoms with E-state index in [1.54, 1.807) is 6.92 Å². The van der Waals surface area contributed by atoms with Crippen molar-refractivity contribution in [1.82, 2.24) is 0 Å². The van der Waals surface area contributed by atoms with Crippen molar-refractivity contribution in [1.29, 1.82) is 0 Å². The van der Waals surface area contributed by atoms with Crippen molar-refractivity contribution >= 4 is 5.91 Å². The number of amides is 1. The number of primary amides is 1. The smallest absolute Gasteiger partial charge is 0.220 e. The largest absolute Gasteiger partial charge is 0.393 e. The summed E-state index contributed by atoms with van der Waals surface area (Å²) in [5.74, 6) is -0.164. The van der Waals surface area contributed by atoms with Gasteiger partial charge >= 0.3 is 0 Å². The van der Waals surface area contributed by atoms with Crippen molar-refractivity contribution in [3.8, 4) is 0 Å². The molecule has 0 spiro atoms. The Balaban J connectivity index is 0. The van der Waals surface area contributed by atoms with Gasteiger partial charge in [-0.2, -0.15) is 0 Å². The molecule has 0 fully saturated rings. The monoisotopic (exact) mass is 175 g/mol. The summed E-state index contributed by atoms with van der Waals surface area (Å²) in [5.41, 5.74) is 4.91. The molecule has 0 rings (SSSR count). The average molecular weight is 175 g/mol. The molecule has 0 aliphatic heterocycles. The summed E-state index contributed by atoms with van der Waals surface area (Å²) >= 11 is 0. The van der Waals surface area contributed by atoms with Crippen molar-refractivity contribution in [3.63, 3.8) is 0 Å². The molecule has 0 aromatic rings. The van der Waals surface area contributed by atoms with Crippen molar-refractivity contribution in [2.75, 3.05) is 0 Å². The number of hydrogen-bond donors (Lipinski definition) is 2. The Morgan fingerprint density at radius 3 is 1.67 bits per heavy atom. The fraction of sp³-hybridized carbons (Fsp3) is 0.889. The quantitative estimate of drug-likeness (QED) is 0.679. The molecular weight excluding hydrogens is 154 g/mol. The molecule has 12 heavy (non-hydrogen) atoms. The molecule has 0 bridgehead atoms. The first-order valence-electron chi connectivity index (χ1n) is 4.43. The standard InChI is InChI=1S/C5H11NO.C4H10O/c1-3-4(2)5(6)7;1-3-4(2)5/h4H,3H2,1-2H3,(H2,6,7);4-5H,3H2,1-2H3. The van der Waals surface area contributed by atoms with Crippen molar-refractivity contribution in [2.24, 2.45) is 11.7 Å². The maximum absolute atomic E-state index is 10.2. The first-order chi connectivity index (χ1) is 5.45. The van der Waals surface area contributed by atoms with E-state index >= 15 is 0 Å². The lowest BCUT2D eigenvalue weighted by molar-refractivity contribution is -0.121. The lowest BCUT2D eigenvalue weighted by atomic mass is 10.1. The molecule has 0 heterocycles. The van der Waals surface area contributed by atoms with Crippen LogP contribution in [0.25, 0.3) is 0 Å². The second kappa shape index (κ2) is 8.53. The molecule has 1 amide bonds. The minimum absolute atomic E-state index is 0.0417. The molecule has 0 saturated carbocycles. The van der Waals surface area contributed by atoms with E-state index in [2.05, 4.69) is 0 Å². The third-order valence-corrected chi connectivity index (χ3v) is 1.69. The second-order valence-electron chi connectivity index (χ2n) is 2.97. The van der Waals surface area contributed by atoms with E-state index in [0.717, 1.165) is 12.8 Å². The molecule has 2 unspecified atom stereocenters. The summed E-state index contributed by atoms with van der Waals surface area (Å²) in [6, 6.07) is 0. The van der Waals surface area contributed by atoms with E-state index in [1.807, 2.05) is 20.8 Å². The molecule has 0 aliphatic carbocycles. The van der Waals surface area contributed by atoms with Gasteiger partial charge in [0.25, 0.3) is 0 Å². The summed E-state index contributed by atoms with van der Waals surface area (Å²) in [4.78, 5) is 10.2. The summed E-state index contributed by atoms with van der Waals surface area (Å²) in [5, 5.41) is 8.36. The predicted octanol–water partition coefficient (Wildman–Crippen LogP) is 1.29. The van der Waals surface area contributed by atoms with Crippen LogP contribution < -0.4 is 5.73 Å². The molecule has 0 aromatic heterocycles. The van der Waals surface area contributed by atoms with Gasteiger partial charge in [-0.1, -0.05) is 20.8 Å². The van der Waals surface area contributed by atoms with Crippen molar-refractivity contribution < 1.29 is 9.90 Å². The number of aliphatic hydroxyl groups excluding tert-OH is 1. The maximum Gasteiger partial charge on any atom is 0.220 e. The van der Waals surface area contributed by atoms with Gasteiger partial charge in [0.1, 0.15) is 0 Å². The molecule has 0 aromatic carbocycles. The second-order valence-corrected chi connectivity index (χ2v) is 2.97. The van der Waals surface area contributed by atoms with Crippen molar-refractivity contribution in [3.05, 3.63) is 0 Å². The zero-order valence-electron chi connectivity index (χ0n) is 8.50. The van der Waals surface area contributed by atoms with Gasteiger partial charge in [0.2, 0.25) is 5.91 Å². The Morgan fingerprint density at radius 1 is 1.33 bits per heavy atom. The molecule has 74 valence electrons. The van der Waals surface area contributed by atoms with E-state index < -0.39 is 0 Å². The molecule has 2 atom stereocenters. The lowest BCUT2D eigenvalue weighted by Crippen LogP contribution is -2.19. The highest BCUT2D eigenvalue weighted by Gasteiger charge is 2.02. The van der Waals surface area contributed by atoms with Crippen LogP contribution in [0.5, 0.6) is 0 Å². The highest BCUT2D eigenvalue weighted by atomic mass is 16.3. The van der Waals surface area contributed by atoms with Crippen LogP contribution in [0.1, 0.15) is 40.5 Å². The molecular formula is C9H21NO2. The predicted molar refractivity (Wildman–Crippen MR) is 50.6 cm³/mol. The molecule has 0 aliphatic rings. The summed E-state index contributed by atoms with van der Waals surface area (Å²) in [6.45, 7) is 7.49. The van der Waals surface area contributed by atoms with Crippen LogP contribution in [-0.2, 0) is 4.79 Å². The van der Waals surface area contributed by atoms with Crippen LogP contribution in [0.3, 0.4) is 0 Å². The van der Waals surface area contributed by atoms with Gasteiger partial charge in [0, 0.05) is 5.92 Å². The third-order valence-electron chi connectivity index (χ3n) is 1.69. The van der Waals surface area contributed by atoms with Gasteiger partial charge < -0.3 is 10.8 Å². The Hall–Kier alpha value is -0.570. The zero-order chi connectivity index (χ0) is 10.1. The first kappa shape index (κ1) is 14.0. The van der Waals surface area contributed by atoms with Gasteiger partial charge in [-0.25, -0.2) is 0 Å². The fourth-order valence-electron chi connectivity index (χ4n) is 0.201. The van der Waals surface area contributed by atoms with Gasteiger partial charge in [0.15, 0.2) is 0 Å². The number of rotatable bonds is 3. The average Bonchev–Trinajstić information content (AvgIpc) is 2.04. The van der Waals surface area contributed by atoms with Crippen LogP contribution in [0.2, 0.25) is 0 Å². The highest BCUT2D eigenvalue weighted by Crippen LogP contribution is 1.96. The molecule has 3 N–H and O–H groups in total. The first-order valence-corrected chi connectivity index (χ1v) is 4.43. The fourth-order valence-corrected chi connectivity index (χ4v) is 0.201. The SMILES string of the molecule is CCC(C)C(N)=O.CCC(C)O. The number of hydrogen-bond acceptors (Lipinski definition) is 2. The van der Waals surface area contributed by atoms with E-state index in [1.165, 1.54) is 0 Å². The van der Waals surface area contributed by atoms with Crippen LogP contribution in [-0.4, -0.2) is 17.1 Å². The maximum atomic E-state index is 10.2. The van der Waals surface area contributed by atoms with Gasteiger partial charge in [-0.15, -0.1) is 0 Å². The van der Waals surface area contributed by atoms with E-state index in [-0.39, 0.29) is 17.9 Å². The molecule has 0 radical (unpaired) electrons. The zero-order valence-corrected chi connectivity index (χ0v) is 8.50. The number of carbonyl (C=O) groups is 1. The number of carbonyl (C=O) groups excluding carboxylic acids is 1. The van der Waals surface area contributed by atoms with Gasteiger partial charge in [-0.3, -0.25) is 4.79 Å². The number of aliphatic hydroxyl groups is 1. The van der Waals surface area contributed by atoms with E-state index in [0.29, 0.717) is 0 Å². The molecule has 3 heteroatoms. The van der Waals surface area contributed by atoms with Crippen LogP contribution in [0.15, 0.2) is 0 Å². The van der Waals surface area contributed by atoms with Crippen LogP contribution >= 0.6 is 0 Å². The molecule has 0 saturated heterocycles. The summed E-state index contributed by atoms with van der Waals surface area (Å²) in [7, 11) is 0. The summed E-state index contributed by atoms with van der Waals surface area (Å²) < 4.78 is 0. The number of nitrogens with two attached hydrogens (primary N) is 1. The highest BCUT2D eigenvalue weighted by molar-refractivity contribution is 5.76. The minimum Gasteiger partial charge on any atom is -0.393 e. The Morgan fingerprint density at radius 2 is 1.67 bits per heavy atom. The van der Waals surface area contributed by atoms with Crippen molar-refractivity contribution in [2.45, 2.75) is 46.6 Å². The minimum atomic E-state index is -0.206. The van der Waals surface area contributed by atoms with E-state index in [4.69, 9.17) is 10.8 Å². The van der Waals surface area contributed by atoms with Gasteiger partial charge in [0.05, 0.1) is 6.10 Å². The third kappa shape index (κ3) is 12.1. The Kier molecular flexibility index (Phi) is 9.93. The topological polar surface area (TPSA) is 63.3 Å². The van der Waals surface area contributed by atoms with Crippen LogP contribution in [0.4, 0.5) is 0 Å². The van der Waals surface area contributed by atoms with Gasteiger partial charge in [-0.05, 0) is 19.8 Å².